The van der Waals surface area contributed by atoms with Crippen LogP contribution in [0.4, 0.5) is 0 Å². The lowest BCUT2D eigenvalue weighted by Crippen LogP contribution is -2.00. The van der Waals surface area contributed by atoms with Crippen LogP contribution in [-0.4, -0.2) is 26.4 Å². The summed E-state index contributed by atoms with van der Waals surface area (Å²) in [6.45, 7) is 9.04. The van der Waals surface area contributed by atoms with Crippen LogP contribution in [0.1, 0.15) is 39.3 Å². The van der Waals surface area contributed by atoms with Crippen molar-refractivity contribution in [2.24, 2.45) is 0 Å². The molecule has 148 valence electrons. The number of hydrogen-bond donors (Lipinski definition) is 0. The van der Waals surface area contributed by atoms with Gasteiger partial charge in [-0.25, -0.2) is 9.97 Å². The molecule has 0 aliphatic heterocycles. The first kappa shape index (κ1) is 19.1. The van der Waals surface area contributed by atoms with E-state index in [4.69, 9.17) is 9.84 Å². The lowest BCUT2D eigenvalue weighted by molar-refractivity contribution is 0.337. The fourth-order valence-corrected chi connectivity index (χ4v) is 3.55. The van der Waals surface area contributed by atoms with Crippen molar-refractivity contribution < 1.29 is 4.74 Å². The van der Waals surface area contributed by atoms with Gasteiger partial charge < -0.3 is 4.74 Å². The van der Waals surface area contributed by atoms with E-state index in [2.05, 4.69) is 55.1 Å². The minimum absolute atomic E-state index is 0.259. The lowest BCUT2D eigenvalue weighted by Gasteiger charge is -2.12. The van der Waals surface area contributed by atoms with Gasteiger partial charge in [-0.15, -0.1) is 0 Å². The molecule has 0 amide bonds. The van der Waals surface area contributed by atoms with Crippen LogP contribution in [0.15, 0.2) is 55.0 Å². The van der Waals surface area contributed by atoms with Gasteiger partial charge in [-0.1, -0.05) is 37.3 Å². The molecule has 5 nitrogen and oxygen atoms in total. The first-order chi connectivity index (χ1) is 14.1. The highest BCUT2D eigenvalue weighted by Gasteiger charge is 2.19. The van der Waals surface area contributed by atoms with Gasteiger partial charge in [-0.3, -0.25) is 4.68 Å². The van der Waals surface area contributed by atoms with Crippen molar-refractivity contribution in [1.82, 2.24) is 19.7 Å². The molecule has 2 aromatic heterocycles. The topological polar surface area (TPSA) is 52.8 Å². The van der Waals surface area contributed by atoms with Crippen LogP contribution in [0.2, 0.25) is 0 Å². The van der Waals surface area contributed by atoms with Crippen LogP contribution in [0.3, 0.4) is 0 Å². The van der Waals surface area contributed by atoms with Crippen LogP contribution in [0, 0.1) is 0 Å². The third kappa shape index (κ3) is 3.60. The van der Waals surface area contributed by atoms with Gasteiger partial charge in [0.1, 0.15) is 17.8 Å². The Kier molecular flexibility index (Phi) is 5.30. The van der Waals surface area contributed by atoms with Crippen molar-refractivity contribution in [2.75, 3.05) is 6.61 Å². The molecule has 29 heavy (non-hydrogen) atoms. The second-order valence-electron chi connectivity index (χ2n) is 7.32. The standard InChI is InChI=1S/C24H26N4O/c1-5-17-12-19-21(13-22(17)29-6-2)25-15-26-24(19)20-14-28(16(3)4)27-23(20)18-10-8-7-9-11-18/h7-16H,5-6H2,1-4H3. The zero-order valence-electron chi connectivity index (χ0n) is 17.4. The maximum atomic E-state index is 5.83. The average Bonchev–Trinajstić information content (AvgIpc) is 3.19. The molecule has 4 aromatic rings. The van der Waals surface area contributed by atoms with E-state index in [1.807, 2.05) is 35.9 Å². The van der Waals surface area contributed by atoms with E-state index in [0.29, 0.717) is 6.61 Å². The van der Waals surface area contributed by atoms with E-state index in [0.717, 1.165) is 51.2 Å². The number of aromatic nitrogens is 4. The van der Waals surface area contributed by atoms with E-state index in [1.54, 1.807) is 6.33 Å². The maximum Gasteiger partial charge on any atom is 0.124 e. The molecule has 4 rings (SSSR count). The SMILES string of the molecule is CCOc1cc2ncnc(-c3cn(C(C)C)nc3-c3ccccc3)c2cc1CC. The van der Waals surface area contributed by atoms with Crippen molar-refractivity contribution >= 4 is 10.9 Å². The Morgan fingerprint density at radius 2 is 1.79 bits per heavy atom. The summed E-state index contributed by atoms with van der Waals surface area (Å²) in [6, 6.07) is 14.7. The summed E-state index contributed by atoms with van der Waals surface area (Å²) in [5.74, 6) is 0.897. The molecule has 2 heterocycles. The van der Waals surface area contributed by atoms with Gasteiger partial charge >= 0.3 is 0 Å². The molecule has 0 aliphatic rings. The highest BCUT2D eigenvalue weighted by Crippen LogP contribution is 2.36. The van der Waals surface area contributed by atoms with Crippen molar-refractivity contribution in [2.45, 2.75) is 40.2 Å². The van der Waals surface area contributed by atoms with E-state index >= 15 is 0 Å². The van der Waals surface area contributed by atoms with Gasteiger partial charge in [-0.05, 0) is 38.8 Å². The van der Waals surface area contributed by atoms with E-state index in [1.165, 1.54) is 0 Å². The highest BCUT2D eigenvalue weighted by atomic mass is 16.5. The largest absolute Gasteiger partial charge is 0.494 e. The summed E-state index contributed by atoms with van der Waals surface area (Å²) in [7, 11) is 0. The monoisotopic (exact) mass is 386 g/mol. The molecule has 0 atom stereocenters. The Balaban J connectivity index is 1.97. The van der Waals surface area contributed by atoms with Crippen molar-refractivity contribution in [3.63, 3.8) is 0 Å². The van der Waals surface area contributed by atoms with Crippen LogP contribution in [0.25, 0.3) is 33.4 Å². The van der Waals surface area contributed by atoms with Crippen LogP contribution in [0.5, 0.6) is 5.75 Å². The van der Waals surface area contributed by atoms with E-state index < -0.39 is 0 Å². The quantitative estimate of drug-likeness (QED) is 0.426. The van der Waals surface area contributed by atoms with Gasteiger partial charge in [0.05, 0.1) is 17.8 Å². The minimum atomic E-state index is 0.259. The fraction of sp³-hybridized carbons (Fsp3) is 0.292. The van der Waals surface area contributed by atoms with Crippen molar-refractivity contribution in [1.29, 1.82) is 0 Å². The summed E-state index contributed by atoms with van der Waals surface area (Å²) in [5.41, 5.74) is 5.98. The third-order valence-electron chi connectivity index (χ3n) is 5.06. The number of benzene rings is 2. The number of aryl methyl sites for hydroxylation is 1. The molecular formula is C24H26N4O. The molecule has 0 saturated carbocycles. The number of fused-ring (bicyclic) bond motifs is 1. The molecule has 0 spiro atoms. The molecule has 2 aromatic carbocycles. The molecule has 0 bridgehead atoms. The van der Waals surface area contributed by atoms with Gasteiger partial charge in [0.25, 0.3) is 0 Å². The lowest BCUT2D eigenvalue weighted by atomic mass is 10.0. The Morgan fingerprint density at radius 1 is 1.00 bits per heavy atom. The normalized spacial score (nSPS) is 11.3. The second-order valence-corrected chi connectivity index (χ2v) is 7.32. The third-order valence-corrected chi connectivity index (χ3v) is 5.06. The van der Waals surface area contributed by atoms with Gasteiger partial charge in [0, 0.05) is 34.8 Å². The van der Waals surface area contributed by atoms with Gasteiger partial charge in [0.15, 0.2) is 0 Å². The van der Waals surface area contributed by atoms with Crippen molar-refractivity contribution in [3.8, 4) is 28.3 Å². The first-order valence-electron chi connectivity index (χ1n) is 10.2. The Morgan fingerprint density at radius 3 is 2.48 bits per heavy atom. The number of hydrogen-bond acceptors (Lipinski definition) is 4. The zero-order valence-corrected chi connectivity index (χ0v) is 17.4. The maximum absolute atomic E-state index is 5.83. The fourth-order valence-electron chi connectivity index (χ4n) is 3.55. The summed E-state index contributed by atoms with van der Waals surface area (Å²) < 4.78 is 7.83. The Bertz CT molecular complexity index is 1130. The molecule has 0 fully saturated rings. The molecule has 0 unspecified atom stereocenters. The molecule has 0 saturated heterocycles. The van der Waals surface area contributed by atoms with Gasteiger partial charge in [0.2, 0.25) is 0 Å². The van der Waals surface area contributed by atoms with Crippen LogP contribution in [-0.2, 0) is 6.42 Å². The van der Waals surface area contributed by atoms with E-state index in [-0.39, 0.29) is 6.04 Å². The molecule has 0 radical (unpaired) electrons. The van der Waals surface area contributed by atoms with Gasteiger partial charge in [-0.2, -0.15) is 5.10 Å². The molecular weight excluding hydrogens is 360 g/mol. The molecule has 0 aliphatic carbocycles. The number of nitrogens with zero attached hydrogens (tertiary/aromatic N) is 4. The second kappa shape index (κ2) is 8.03. The minimum Gasteiger partial charge on any atom is -0.494 e. The zero-order chi connectivity index (χ0) is 20.4. The predicted octanol–water partition coefficient (Wildman–Crippen LogP) is 5.70. The average molecular weight is 386 g/mol. The summed E-state index contributed by atoms with van der Waals surface area (Å²) in [4.78, 5) is 9.19. The van der Waals surface area contributed by atoms with Crippen molar-refractivity contribution in [3.05, 3.63) is 60.6 Å². The van der Waals surface area contributed by atoms with Crippen LogP contribution < -0.4 is 4.74 Å². The summed E-state index contributed by atoms with van der Waals surface area (Å²) in [5, 5.41) is 5.91. The summed E-state index contributed by atoms with van der Waals surface area (Å²) >= 11 is 0. The number of rotatable bonds is 6. The van der Waals surface area contributed by atoms with Crippen LogP contribution >= 0.6 is 0 Å². The molecule has 5 heteroatoms. The Labute approximate surface area is 171 Å². The molecule has 0 N–H and O–H groups in total. The summed E-state index contributed by atoms with van der Waals surface area (Å²) in [6.07, 6.45) is 4.60. The Hall–Kier alpha value is -3.21. The predicted molar refractivity (Wildman–Crippen MR) is 117 cm³/mol. The highest BCUT2D eigenvalue weighted by molar-refractivity contribution is 5.96. The first-order valence-corrected chi connectivity index (χ1v) is 10.2. The van der Waals surface area contributed by atoms with E-state index in [9.17, 15) is 0 Å². The number of ether oxygens (including phenoxy) is 1. The smallest absolute Gasteiger partial charge is 0.124 e.